The second-order valence-electron chi connectivity index (χ2n) is 5.93. The first kappa shape index (κ1) is 20.7. The number of phenols is 1. The number of phenolic OH excluding ortho intramolecular Hbond substituents is 1. The van der Waals surface area contributed by atoms with Crippen LogP contribution in [-0.2, 0) is 9.59 Å². The maximum atomic E-state index is 12.8. The Morgan fingerprint density at radius 1 is 1.21 bits per heavy atom. The Labute approximate surface area is 181 Å². The average molecular weight is 453 g/mol. The molecule has 1 aliphatic rings. The number of benzene rings is 2. The van der Waals surface area contributed by atoms with E-state index in [4.69, 9.17) is 35.4 Å². The Bertz CT molecular complexity index is 993. The molecule has 0 bridgehead atoms. The molecule has 144 valence electrons. The molecule has 0 saturated carbocycles. The maximum Gasteiger partial charge on any atom is 0.266 e. The summed E-state index contributed by atoms with van der Waals surface area (Å²) in [5.74, 6) is -0.804. The fraction of sp³-hybridized carbons (Fsp3) is 0.105. The highest BCUT2D eigenvalue weighted by Gasteiger charge is 2.38. The number of halogens is 2. The summed E-state index contributed by atoms with van der Waals surface area (Å²) >= 11 is 18.1. The Morgan fingerprint density at radius 2 is 1.86 bits per heavy atom. The van der Waals surface area contributed by atoms with Crippen molar-refractivity contribution in [3.05, 3.63) is 63.0 Å². The molecule has 1 unspecified atom stereocenters. The van der Waals surface area contributed by atoms with Crippen molar-refractivity contribution in [2.45, 2.75) is 13.0 Å². The molecule has 1 fully saturated rings. The number of hydrogen-bond acceptors (Lipinski definition) is 5. The lowest BCUT2D eigenvalue weighted by Gasteiger charge is -2.22. The minimum absolute atomic E-state index is 0.0109. The van der Waals surface area contributed by atoms with Gasteiger partial charge in [-0.1, -0.05) is 47.2 Å². The van der Waals surface area contributed by atoms with Crippen molar-refractivity contribution >= 4 is 75.1 Å². The number of rotatable bonds is 4. The van der Waals surface area contributed by atoms with Gasteiger partial charge in [0.15, 0.2) is 0 Å². The Balaban J connectivity index is 1.78. The standard InChI is InChI=1S/C19H14Cl2N2O3S2/c1-10(17(25)22-14-5-2-12(20)3-6-14)23-18(26)16(28-19(23)27)9-11-8-13(21)4-7-15(11)24/h2-10,24H,1H3,(H,22,25)/b16-9-. The fourth-order valence-electron chi connectivity index (χ4n) is 2.49. The SMILES string of the molecule is CC(C(=O)Nc1ccc(Cl)cc1)N1C(=O)/C(=C/c2cc(Cl)ccc2O)SC1=S. The average Bonchev–Trinajstić information content (AvgIpc) is 2.93. The van der Waals surface area contributed by atoms with Gasteiger partial charge in [0.25, 0.3) is 5.91 Å². The van der Waals surface area contributed by atoms with Gasteiger partial charge >= 0.3 is 0 Å². The van der Waals surface area contributed by atoms with E-state index in [9.17, 15) is 14.7 Å². The van der Waals surface area contributed by atoms with Crippen molar-refractivity contribution in [3.8, 4) is 5.75 Å². The molecule has 0 aromatic heterocycles. The van der Waals surface area contributed by atoms with Crippen molar-refractivity contribution in [2.24, 2.45) is 0 Å². The number of aromatic hydroxyl groups is 1. The maximum absolute atomic E-state index is 12.8. The van der Waals surface area contributed by atoms with Crippen LogP contribution >= 0.6 is 47.2 Å². The monoisotopic (exact) mass is 452 g/mol. The molecule has 1 saturated heterocycles. The van der Waals surface area contributed by atoms with Crippen molar-refractivity contribution in [3.63, 3.8) is 0 Å². The molecule has 2 amide bonds. The highest BCUT2D eigenvalue weighted by Crippen LogP contribution is 2.36. The number of carbonyl (C=O) groups is 2. The van der Waals surface area contributed by atoms with Gasteiger partial charge < -0.3 is 10.4 Å². The van der Waals surface area contributed by atoms with E-state index in [1.807, 2.05) is 0 Å². The van der Waals surface area contributed by atoms with Gasteiger partial charge in [0.1, 0.15) is 16.1 Å². The number of nitrogens with one attached hydrogen (secondary N) is 1. The molecule has 1 atom stereocenters. The predicted octanol–water partition coefficient (Wildman–Crippen LogP) is 4.93. The zero-order valence-electron chi connectivity index (χ0n) is 14.5. The number of nitrogens with zero attached hydrogens (tertiary/aromatic N) is 1. The minimum Gasteiger partial charge on any atom is -0.507 e. The molecular formula is C19H14Cl2N2O3S2. The molecule has 2 aromatic rings. The van der Waals surface area contributed by atoms with E-state index in [1.165, 1.54) is 17.0 Å². The zero-order valence-corrected chi connectivity index (χ0v) is 17.6. The van der Waals surface area contributed by atoms with E-state index >= 15 is 0 Å². The molecule has 2 aromatic carbocycles. The normalized spacial score (nSPS) is 16.5. The van der Waals surface area contributed by atoms with Crippen LogP contribution in [-0.4, -0.2) is 32.2 Å². The number of amides is 2. The summed E-state index contributed by atoms with van der Waals surface area (Å²) in [6.07, 6.45) is 1.50. The first-order chi connectivity index (χ1) is 13.3. The van der Waals surface area contributed by atoms with E-state index in [2.05, 4.69) is 5.32 Å². The fourth-order valence-corrected chi connectivity index (χ4v) is 4.21. The van der Waals surface area contributed by atoms with Crippen molar-refractivity contribution < 1.29 is 14.7 Å². The lowest BCUT2D eigenvalue weighted by molar-refractivity contribution is -0.129. The van der Waals surface area contributed by atoms with Gasteiger partial charge in [-0.2, -0.15) is 0 Å². The summed E-state index contributed by atoms with van der Waals surface area (Å²) < 4.78 is 0.261. The summed E-state index contributed by atoms with van der Waals surface area (Å²) in [6, 6.07) is 10.4. The number of thiocarbonyl (C=S) groups is 1. The minimum atomic E-state index is -0.818. The van der Waals surface area contributed by atoms with Crippen molar-refractivity contribution in [2.75, 3.05) is 5.32 Å². The smallest absolute Gasteiger partial charge is 0.266 e. The summed E-state index contributed by atoms with van der Waals surface area (Å²) in [6.45, 7) is 1.59. The number of hydrogen-bond donors (Lipinski definition) is 2. The van der Waals surface area contributed by atoms with E-state index in [0.29, 0.717) is 26.2 Å². The largest absolute Gasteiger partial charge is 0.507 e. The van der Waals surface area contributed by atoms with Gasteiger partial charge in [0.05, 0.1) is 4.91 Å². The third-order valence-corrected chi connectivity index (χ3v) is 5.80. The van der Waals surface area contributed by atoms with E-state index in [1.54, 1.807) is 43.3 Å². The Kier molecular flexibility index (Phi) is 6.30. The van der Waals surface area contributed by atoms with E-state index in [-0.39, 0.29) is 16.0 Å². The van der Waals surface area contributed by atoms with Crippen LogP contribution in [0.1, 0.15) is 12.5 Å². The lowest BCUT2D eigenvalue weighted by Crippen LogP contribution is -2.44. The van der Waals surface area contributed by atoms with Crippen molar-refractivity contribution in [1.82, 2.24) is 4.90 Å². The summed E-state index contributed by atoms with van der Waals surface area (Å²) in [5, 5.41) is 13.7. The number of thioether (sulfide) groups is 1. The third-order valence-electron chi connectivity index (χ3n) is 3.98. The van der Waals surface area contributed by atoms with Crippen LogP contribution in [0.2, 0.25) is 10.0 Å². The highest BCUT2D eigenvalue weighted by molar-refractivity contribution is 8.26. The molecule has 3 rings (SSSR count). The molecular weight excluding hydrogens is 439 g/mol. The van der Waals surface area contributed by atoms with Gasteiger partial charge in [0, 0.05) is 21.3 Å². The Morgan fingerprint density at radius 3 is 2.54 bits per heavy atom. The Hall–Kier alpha value is -2.06. The quantitative estimate of drug-likeness (QED) is 0.508. The molecule has 0 radical (unpaired) electrons. The summed E-state index contributed by atoms with van der Waals surface area (Å²) in [7, 11) is 0. The second-order valence-corrected chi connectivity index (χ2v) is 8.48. The van der Waals surface area contributed by atoms with Gasteiger partial charge in [-0.25, -0.2) is 0 Å². The molecule has 5 nitrogen and oxygen atoms in total. The topological polar surface area (TPSA) is 69.6 Å². The second kappa shape index (κ2) is 8.53. The van der Waals surface area contributed by atoms with Gasteiger partial charge in [-0.3, -0.25) is 14.5 Å². The molecule has 1 aliphatic heterocycles. The summed E-state index contributed by atoms with van der Waals surface area (Å²) in [5.41, 5.74) is 0.956. The van der Waals surface area contributed by atoms with Gasteiger partial charge in [-0.15, -0.1) is 0 Å². The first-order valence-electron chi connectivity index (χ1n) is 8.08. The third kappa shape index (κ3) is 4.50. The van der Waals surface area contributed by atoms with Crippen LogP contribution in [0.5, 0.6) is 5.75 Å². The van der Waals surface area contributed by atoms with Crippen LogP contribution in [0, 0.1) is 0 Å². The van der Waals surface area contributed by atoms with Gasteiger partial charge in [0.2, 0.25) is 5.91 Å². The number of anilines is 1. The lowest BCUT2D eigenvalue weighted by atomic mass is 10.1. The van der Waals surface area contributed by atoms with Gasteiger partial charge in [-0.05, 0) is 55.5 Å². The summed E-state index contributed by atoms with van der Waals surface area (Å²) in [4.78, 5) is 26.9. The molecule has 2 N–H and O–H groups in total. The molecule has 1 heterocycles. The molecule has 0 aliphatic carbocycles. The van der Waals surface area contributed by atoms with Crippen LogP contribution < -0.4 is 5.32 Å². The first-order valence-corrected chi connectivity index (χ1v) is 10.1. The molecule has 28 heavy (non-hydrogen) atoms. The highest BCUT2D eigenvalue weighted by atomic mass is 35.5. The van der Waals surface area contributed by atoms with Crippen molar-refractivity contribution in [1.29, 1.82) is 0 Å². The van der Waals surface area contributed by atoms with E-state index < -0.39 is 11.9 Å². The molecule has 0 spiro atoms. The number of carbonyl (C=O) groups excluding carboxylic acids is 2. The van der Waals surface area contributed by atoms with E-state index in [0.717, 1.165) is 11.8 Å². The van der Waals surface area contributed by atoms with Crippen LogP contribution in [0.3, 0.4) is 0 Å². The van der Waals surface area contributed by atoms with Crippen LogP contribution in [0.4, 0.5) is 5.69 Å². The van der Waals surface area contributed by atoms with Crippen LogP contribution in [0.15, 0.2) is 47.4 Å². The predicted molar refractivity (Wildman–Crippen MR) is 118 cm³/mol. The zero-order chi connectivity index (χ0) is 20.4. The van der Waals surface area contributed by atoms with Crippen LogP contribution in [0.25, 0.3) is 6.08 Å². The molecule has 9 heteroatoms.